The van der Waals surface area contributed by atoms with Gasteiger partial charge in [-0.15, -0.1) is 0 Å². The third kappa shape index (κ3) is 2.80. The average molecular weight is 259 g/mol. The quantitative estimate of drug-likeness (QED) is 0.853. The van der Waals surface area contributed by atoms with Crippen molar-refractivity contribution in [2.75, 3.05) is 39.3 Å². The summed E-state index contributed by atoms with van der Waals surface area (Å²) in [6, 6.07) is 10.3. The topological polar surface area (TPSA) is 35.6 Å². The van der Waals surface area contributed by atoms with E-state index in [0.717, 1.165) is 51.3 Å². The van der Waals surface area contributed by atoms with Crippen LogP contribution in [0.1, 0.15) is 16.8 Å². The first-order chi connectivity index (χ1) is 9.34. The van der Waals surface area contributed by atoms with Gasteiger partial charge in [-0.2, -0.15) is 0 Å². The summed E-state index contributed by atoms with van der Waals surface area (Å²) in [6.07, 6.45) is 1.08. The summed E-state index contributed by atoms with van der Waals surface area (Å²) in [5.74, 6) is 0.175. The lowest BCUT2D eigenvalue weighted by molar-refractivity contribution is 0.0753. The van der Waals surface area contributed by atoms with Crippen molar-refractivity contribution < 1.29 is 4.79 Å². The highest BCUT2D eigenvalue weighted by Crippen LogP contribution is 2.12. The summed E-state index contributed by atoms with van der Waals surface area (Å²) < 4.78 is 0. The van der Waals surface area contributed by atoms with Gasteiger partial charge in [-0.1, -0.05) is 18.2 Å². The van der Waals surface area contributed by atoms with Crippen LogP contribution in [-0.2, 0) is 0 Å². The minimum Gasteiger partial charge on any atom is -0.337 e. The molecule has 2 fully saturated rings. The van der Waals surface area contributed by atoms with Gasteiger partial charge in [-0.3, -0.25) is 9.69 Å². The minimum absolute atomic E-state index is 0.175. The molecule has 2 saturated heterocycles. The van der Waals surface area contributed by atoms with Crippen LogP contribution < -0.4 is 5.32 Å². The number of benzene rings is 1. The molecule has 4 nitrogen and oxygen atoms in total. The summed E-state index contributed by atoms with van der Waals surface area (Å²) in [5, 5.41) is 3.32. The number of nitrogens with zero attached hydrogens (tertiary/aromatic N) is 2. The lowest BCUT2D eigenvalue weighted by atomic mass is 10.1. The van der Waals surface area contributed by atoms with E-state index >= 15 is 0 Å². The van der Waals surface area contributed by atoms with Crippen LogP contribution >= 0.6 is 0 Å². The van der Waals surface area contributed by atoms with Gasteiger partial charge in [0.2, 0.25) is 0 Å². The minimum atomic E-state index is 0.175. The number of hydrogen-bond acceptors (Lipinski definition) is 3. The smallest absolute Gasteiger partial charge is 0.253 e. The molecular formula is C15H21N3O. The molecule has 0 bridgehead atoms. The van der Waals surface area contributed by atoms with Crippen molar-refractivity contribution in [1.82, 2.24) is 15.1 Å². The van der Waals surface area contributed by atoms with Crippen LogP contribution in [0.3, 0.4) is 0 Å². The molecule has 0 saturated carbocycles. The maximum absolute atomic E-state index is 12.4. The Labute approximate surface area is 114 Å². The zero-order chi connectivity index (χ0) is 13.1. The van der Waals surface area contributed by atoms with Crippen LogP contribution in [0, 0.1) is 0 Å². The zero-order valence-corrected chi connectivity index (χ0v) is 11.2. The summed E-state index contributed by atoms with van der Waals surface area (Å²) in [4.78, 5) is 16.9. The predicted octanol–water partition coefficient (Wildman–Crippen LogP) is 0.806. The molecule has 19 heavy (non-hydrogen) atoms. The number of rotatable bonds is 2. The van der Waals surface area contributed by atoms with E-state index < -0.39 is 0 Å². The van der Waals surface area contributed by atoms with Gasteiger partial charge in [-0.05, 0) is 18.6 Å². The second-order valence-electron chi connectivity index (χ2n) is 5.36. The van der Waals surface area contributed by atoms with Gasteiger partial charge in [0.25, 0.3) is 5.91 Å². The summed E-state index contributed by atoms with van der Waals surface area (Å²) >= 11 is 0. The third-order valence-corrected chi connectivity index (χ3v) is 4.11. The molecule has 1 aromatic rings. The van der Waals surface area contributed by atoms with Crippen molar-refractivity contribution in [3.63, 3.8) is 0 Å². The Kier molecular flexibility index (Phi) is 3.80. The fourth-order valence-corrected chi connectivity index (χ4v) is 2.80. The van der Waals surface area contributed by atoms with E-state index in [1.807, 2.05) is 35.2 Å². The molecule has 0 spiro atoms. The van der Waals surface area contributed by atoms with Gasteiger partial charge in [0.05, 0.1) is 0 Å². The zero-order valence-electron chi connectivity index (χ0n) is 11.2. The Morgan fingerprint density at radius 1 is 1.05 bits per heavy atom. The van der Waals surface area contributed by atoms with Crippen LogP contribution in [0.25, 0.3) is 0 Å². The van der Waals surface area contributed by atoms with E-state index in [-0.39, 0.29) is 5.91 Å². The van der Waals surface area contributed by atoms with Crippen LogP contribution in [0.2, 0.25) is 0 Å². The fraction of sp³-hybridized carbons (Fsp3) is 0.533. The van der Waals surface area contributed by atoms with Gasteiger partial charge in [0.1, 0.15) is 0 Å². The average Bonchev–Trinajstić information content (AvgIpc) is 2.63. The molecule has 0 aliphatic carbocycles. The van der Waals surface area contributed by atoms with E-state index in [4.69, 9.17) is 0 Å². The number of nitrogens with one attached hydrogen (secondary N) is 1. The first-order valence-electron chi connectivity index (χ1n) is 7.14. The van der Waals surface area contributed by atoms with E-state index in [2.05, 4.69) is 10.2 Å². The first kappa shape index (κ1) is 12.6. The maximum Gasteiger partial charge on any atom is 0.253 e. The van der Waals surface area contributed by atoms with Crippen molar-refractivity contribution in [3.8, 4) is 0 Å². The molecule has 0 radical (unpaired) electrons. The van der Waals surface area contributed by atoms with Gasteiger partial charge in [-0.25, -0.2) is 0 Å². The Hall–Kier alpha value is -1.39. The lowest BCUT2D eigenvalue weighted by Gasteiger charge is -2.37. The predicted molar refractivity (Wildman–Crippen MR) is 75.2 cm³/mol. The van der Waals surface area contributed by atoms with Crippen LogP contribution in [0.15, 0.2) is 30.3 Å². The molecule has 0 aromatic heterocycles. The number of amides is 1. The van der Waals surface area contributed by atoms with E-state index in [1.165, 1.54) is 0 Å². The summed E-state index contributed by atoms with van der Waals surface area (Å²) in [7, 11) is 0. The molecule has 102 valence electrons. The molecular weight excluding hydrogens is 238 g/mol. The molecule has 0 unspecified atom stereocenters. The fourth-order valence-electron chi connectivity index (χ4n) is 2.80. The van der Waals surface area contributed by atoms with Crippen molar-refractivity contribution >= 4 is 5.91 Å². The molecule has 2 heterocycles. The van der Waals surface area contributed by atoms with Crippen LogP contribution in [0.5, 0.6) is 0 Å². The van der Waals surface area contributed by atoms with E-state index in [9.17, 15) is 4.79 Å². The highest BCUT2D eigenvalue weighted by Gasteiger charge is 2.27. The van der Waals surface area contributed by atoms with Crippen molar-refractivity contribution in [3.05, 3.63) is 35.9 Å². The highest BCUT2D eigenvalue weighted by molar-refractivity contribution is 5.94. The van der Waals surface area contributed by atoms with Crippen LogP contribution in [0.4, 0.5) is 0 Å². The Bertz CT molecular complexity index is 430. The second-order valence-corrected chi connectivity index (χ2v) is 5.36. The normalized spacial score (nSPS) is 21.8. The molecule has 1 aromatic carbocycles. The summed E-state index contributed by atoms with van der Waals surface area (Å²) in [5.41, 5.74) is 0.807. The molecule has 0 atom stereocenters. The molecule has 4 heteroatoms. The first-order valence-corrected chi connectivity index (χ1v) is 7.14. The van der Waals surface area contributed by atoms with Gasteiger partial charge >= 0.3 is 0 Å². The van der Waals surface area contributed by atoms with Crippen molar-refractivity contribution in [2.24, 2.45) is 0 Å². The largest absolute Gasteiger partial charge is 0.337 e. The van der Waals surface area contributed by atoms with Gasteiger partial charge in [0.15, 0.2) is 0 Å². The van der Waals surface area contributed by atoms with Crippen molar-refractivity contribution in [2.45, 2.75) is 12.5 Å². The Morgan fingerprint density at radius 3 is 2.53 bits per heavy atom. The number of hydrogen-bond donors (Lipinski definition) is 1. The van der Waals surface area contributed by atoms with Gasteiger partial charge < -0.3 is 10.2 Å². The molecule has 1 N–H and O–H groups in total. The number of carbonyl (C=O) groups excluding carboxylic acids is 1. The monoisotopic (exact) mass is 259 g/mol. The molecule has 3 rings (SSSR count). The molecule has 1 amide bonds. The van der Waals surface area contributed by atoms with E-state index in [1.54, 1.807) is 0 Å². The maximum atomic E-state index is 12.4. The standard InChI is InChI=1S/C15H21N3O/c19-15(13-5-2-1-3-6-13)18-8-4-7-17(9-10-18)14-11-16-12-14/h1-3,5-6,14,16H,4,7-12H2. The Morgan fingerprint density at radius 2 is 1.84 bits per heavy atom. The molecule has 2 aliphatic heterocycles. The Balaban J connectivity index is 1.61. The van der Waals surface area contributed by atoms with E-state index in [0.29, 0.717) is 6.04 Å². The highest BCUT2D eigenvalue weighted by atomic mass is 16.2. The lowest BCUT2D eigenvalue weighted by Crippen LogP contribution is -2.57. The van der Waals surface area contributed by atoms with Gasteiger partial charge in [0, 0.05) is 50.9 Å². The van der Waals surface area contributed by atoms with Crippen molar-refractivity contribution in [1.29, 1.82) is 0 Å². The SMILES string of the molecule is O=C(c1ccccc1)N1CCCN(C2CNC2)CC1. The second kappa shape index (κ2) is 5.72. The molecule has 2 aliphatic rings. The van der Waals surface area contributed by atoms with Crippen LogP contribution in [-0.4, -0.2) is 61.0 Å². The summed E-state index contributed by atoms with van der Waals surface area (Å²) in [6.45, 7) is 6.06. The number of carbonyl (C=O) groups is 1. The third-order valence-electron chi connectivity index (χ3n) is 4.11.